The molecule has 6 heteroatoms. The predicted octanol–water partition coefficient (Wildman–Crippen LogP) is 2.25. The summed E-state index contributed by atoms with van der Waals surface area (Å²) in [6.45, 7) is 2.53. The Bertz CT molecular complexity index is 699. The summed E-state index contributed by atoms with van der Waals surface area (Å²) < 4.78 is 5.47. The summed E-state index contributed by atoms with van der Waals surface area (Å²) in [6.07, 6.45) is 6.39. The lowest BCUT2D eigenvalue weighted by Crippen LogP contribution is -2.39. The average molecular weight is 341 g/mol. The number of carbonyl (C=O) groups excluding carboxylic acids is 2. The zero-order chi connectivity index (χ0) is 17.8. The van der Waals surface area contributed by atoms with Crippen molar-refractivity contribution >= 4 is 23.3 Å². The summed E-state index contributed by atoms with van der Waals surface area (Å²) in [5, 5.41) is 5.81. The molecule has 2 N–H and O–H groups in total. The maximum absolute atomic E-state index is 12.4. The standard InChI is InChI=1S/C19H23N3O3/c1-13-7-5-6-8-14(13)12-25-19(24)16-11-17(18(20)23)22(21-16)15-9-3-2-4-10-15/h2-6,9-10,13-14,17H,7-8,11-12H2,1H3,(H2,20,23)/t13-,14+,17-/m1/s1. The Labute approximate surface area is 147 Å². The summed E-state index contributed by atoms with van der Waals surface area (Å²) in [4.78, 5) is 24.1. The number of amides is 1. The first-order valence-corrected chi connectivity index (χ1v) is 8.59. The average Bonchev–Trinajstić information content (AvgIpc) is 3.07. The maximum Gasteiger partial charge on any atom is 0.354 e. The van der Waals surface area contributed by atoms with Gasteiger partial charge in [0.15, 0.2) is 0 Å². The molecular formula is C19H23N3O3. The van der Waals surface area contributed by atoms with E-state index >= 15 is 0 Å². The number of hydrogen-bond acceptors (Lipinski definition) is 5. The number of para-hydroxylation sites is 1. The van der Waals surface area contributed by atoms with E-state index < -0.39 is 17.9 Å². The molecule has 1 aliphatic heterocycles. The van der Waals surface area contributed by atoms with Crippen molar-refractivity contribution in [3.05, 3.63) is 42.5 Å². The van der Waals surface area contributed by atoms with Gasteiger partial charge in [-0.05, 0) is 36.8 Å². The van der Waals surface area contributed by atoms with Gasteiger partial charge in [-0.15, -0.1) is 0 Å². The molecule has 1 aromatic carbocycles. The van der Waals surface area contributed by atoms with Crippen LogP contribution in [0.4, 0.5) is 5.69 Å². The minimum atomic E-state index is -0.665. The summed E-state index contributed by atoms with van der Waals surface area (Å²) in [6, 6.07) is 8.54. The smallest absolute Gasteiger partial charge is 0.354 e. The van der Waals surface area contributed by atoms with Gasteiger partial charge in [0.1, 0.15) is 11.8 Å². The number of nitrogens with two attached hydrogens (primary N) is 1. The van der Waals surface area contributed by atoms with Gasteiger partial charge in [0.25, 0.3) is 0 Å². The van der Waals surface area contributed by atoms with Crippen LogP contribution >= 0.6 is 0 Å². The number of allylic oxidation sites excluding steroid dienone is 2. The largest absolute Gasteiger partial charge is 0.461 e. The minimum absolute atomic E-state index is 0.170. The number of hydrazone groups is 1. The normalized spacial score (nSPS) is 25.6. The molecule has 1 amide bonds. The van der Waals surface area contributed by atoms with E-state index in [4.69, 9.17) is 10.5 Å². The highest BCUT2D eigenvalue weighted by atomic mass is 16.5. The zero-order valence-electron chi connectivity index (χ0n) is 14.3. The summed E-state index contributed by atoms with van der Waals surface area (Å²) >= 11 is 0. The molecule has 0 spiro atoms. The molecule has 6 nitrogen and oxygen atoms in total. The van der Waals surface area contributed by atoms with Crippen LogP contribution in [0.3, 0.4) is 0 Å². The van der Waals surface area contributed by atoms with Crippen LogP contribution in [0, 0.1) is 11.8 Å². The van der Waals surface area contributed by atoms with Gasteiger partial charge in [0.05, 0.1) is 12.3 Å². The van der Waals surface area contributed by atoms with Crippen LogP contribution in [0.5, 0.6) is 0 Å². The fourth-order valence-corrected chi connectivity index (χ4v) is 3.18. The first-order valence-electron chi connectivity index (χ1n) is 8.59. The molecule has 0 fully saturated rings. The van der Waals surface area contributed by atoms with Crippen LogP contribution in [0.15, 0.2) is 47.6 Å². The van der Waals surface area contributed by atoms with Crippen molar-refractivity contribution in [2.45, 2.75) is 32.2 Å². The van der Waals surface area contributed by atoms with Crippen molar-refractivity contribution in [3.8, 4) is 0 Å². The number of carbonyl (C=O) groups is 2. The van der Waals surface area contributed by atoms with Gasteiger partial charge in [0, 0.05) is 6.42 Å². The summed E-state index contributed by atoms with van der Waals surface area (Å²) in [5.41, 5.74) is 6.45. The SMILES string of the molecule is C[C@@H]1CC=CC[C@H]1COC(=O)C1=NN(c2ccccc2)[C@@H](C(N)=O)C1. The minimum Gasteiger partial charge on any atom is -0.461 e. The highest BCUT2D eigenvalue weighted by Crippen LogP contribution is 2.27. The molecule has 0 radical (unpaired) electrons. The van der Waals surface area contributed by atoms with Crippen molar-refractivity contribution < 1.29 is 14.3 Å². The Hall–Kier alpha value is -2.63. The molecule has 2 aliphatic rings. The number of nitrogens with zero attached hydrogens (tertiary/aromatic N) is 2. The van der Waals surface area contributed by atoms with Crippen molar-refractivity contribution in [1.82, 2.24) is 0 Å². The molecule has 3 atom stereocenters. The van der Waals surface area contributed by atoms with Gasteiger partial charge >= 0.3 is 5.97 Å². The van der Waals surface area contributed by atoms with E-state index in [9.17, 15) is 9.59 Å². The van der Waals surface area contributed by atoms with Crippen LogP contribution in [0.1, 0.15) is 26.2 Å². The second kappa shape index (κ2) is 7.51. The molecule has 0 bridgehead atoms. The number of benzene rings is 1. The molecule has 1 aromatic rings. The van der Waals surface area contributed by atoms with E-state index in [1.165, 1.54) is 5.01 Å². The topological polar surface area (TPSA) is 85.0 Å². The Morgan fingerprint density at radius 3 is 2.64 bits per heavy atom. The van der Waals surface area contributed by atoms with E-state index in [0.29, 0.717) is 18.4 Å². The molecule has 0 aromatic heterocycles. The number of esters is 1. The number of hydrogen-bond donors (Lipinski definition) is 1. The maximum atomic E-state index is 12.4. The van der Waals surface area contributed by atoms with E-state index in [0.717, 1.165) is 18.5 Å². The van der Waals surface area contributed by atoms with Crippen LogP contribution < -0.4 is 10.7 Å². The molecule has 0 saturated carbocycles. The van der Waals surface area contributed by atoms with Crippen LogP contribution in [0.2, 0.25) is 0 Å². The molecule has 3 rings (SSSR count). The van der Waals surface area contributed by atoms with Crippen molar-refractivity contribution in [2.24, 2.45) is 22.7 Å². The monoisotopic (exact) mass is 341 g/mol. The zero-order valence-corrected chi connectivity index (χ0v) is 14.3. The lowest BCUT2D eigenvalue weighted by molar-refractivity contribution is -0.137. The summed E-state index contributed by atoms with van der Waals surface area (Å²) in [7, 11) is 0. The molecular weight excluding hydrogens is 318 g/mol. The van der Waals surface area contributed by atoms with Gasteiger partial charge < -0.3 is 10.5 Å². The van der Waals surface area contributed by atoms with Crippen LogP contribution in [-0.2, 0) is 14.3 Å². The first kappa shape index (κ1) is 17.2. The number of primary amides is 1. The summed E-state index contributed by atoms with van der Waals surface area (Å²) in [5.74, 6) is -0.163. The van der Waals surface area contributed by atoms with Crippen molar-refractivity contribution in [3.63, 3.8) is 0 Å². The van der Waals surface area contributed by atoms with E-state index in [-0.39, 0.29) is 12.1 Å². The molecule has 25 heavy (non-hydrogen) atoms. The van der Waals surface area contributed by atoms with Gasteiger partial charge in [-0.2, -0.15) is 5.10 Å². The Balaban J connectivity index is 1.67. The van der Waals surface area contributed by atoms with Crippen molar-refractivity contribution in [2.75, 3.05) is 11.6 Å². The Kier molecular flexibility index (Phi) is 5.16. The second-order valence-corrected chi connectivity index (χ2v) is 6.63. The molecule has 0 unspecified atom stereocenters. The fraction of sp³-hybridized carbons (Fsp3) is 0.421. The van der Waals surface area contributed by atoms with E-state index in [2.05, 4.69) is 24.2 Å². The lowest BCUT2D eigenvalue weighted by atomic mass is 9.85. The third-order valence-corrected chi connectivity index (χ3v) is 4.84. The number of ether oxygens (including phenoxy) is 1. The highest BCUT2D eigenvalue weighted by molar-refractivity contribution is 6.38. The van der Waals surface area contributed by atoms with Gasteiger partial charge in [-0.1, -0.05) is 37.3 Å². The quantitative estimate of drug-likeness (QED) is 0.657. The van der Waals surface area contributed by atoms with E-state index in [1.54, 1.807) is 0 Å². The Morgan fingerprint density at radius 2 is 1.96 bits per heavy atom. The second-order valence-electron chi connectivity index (χ2n) is 6.63. The van der Waals surface area contributed by atoms with Crippen LogP contribution in [0.25, 0.3) is 0 Å². The third kappa shape index (κ3) is 3.90. The number of anilines is 1. The van der Waals surface area contributed by atoms with E-state index in [1.807, 2.05) is 30.3 Å². The molecule has 0 saturated heterocycles. The molecule has 1 heterocycles. The van der Waals surface area contributed by atoms with Crippen molar-refractivity contribution in [1.29, 1.82) is 0 Å². The van der Waals surface area contributed by atoms with Gasteiger partial charge in [0.2, 0.25) is 5.91 Å². The van der Waals surface area contributed by atoms with Crippen LogP contribution in [-0.4, -0.2) is 30.2 Å². The fourth-order valence-electron chi connectivity index (χ4n) is 3.18. The molecule has 1 aliphatic carbocycles. The lowest BCUT2D eigenvalue weighted by Gasteiger charge is -2.24. The Morgan fingerprint density at radius 1 is 1.24 bits per heavy atom. The third-order valence-electron chi connectivity index (χ3n) is 4.84. The van der Waals surface area contributed by atoms with Gasteiger partial charge in [-0.3, -0.25) is 9.80 Å². The molecule has 132 valence electrons. The number of rotatable bonds is 5. The highest BCUT2D eigenvalue weighted by Gasteiger charge is 2.36. The van der Waals surface area contributed by atoms with Gasteiger partial charge in [-0.25, -0.2) is 4.79 Å². The predicted molar refractivity (Wildman–Crippen MR) is 95.9 cm³/mol. The first-order chi connectivity index (χ1) is 12.1.